The zero-order valence-corrected chi connectivity index (χ0v) is 18.8. The first-order valence-corrected chi connectivity index (χ1v) is 11.1. The molecule has 2 aromatic carbocycles. The maximum atomic E-state index is 13.3. The second kappa shape index (κ2) is 9.33. The van der Waals surface area contributed by atoms with E-state index < -0.39 is 0 Å². The van der Waals surface area contributed by atoms with Crippen LogP contribution >= 0.6 is 23.2 Å². The fourth-order valence-electron chi connectivity index (χ4n) is 3.77. The third-order valence-corrected chi connectivity index (χ3v) is 6.19. The smallest absolute Gasteiger partial charge is 0.260 e. The molecule has 1 fully saturated rings. The third-order valence-electron chi connectivity index (χ3n) is 5.54. The van der Waals surface area contributed by atoms with Crippen LogP contribution in [0.25, 0.3) is 22.3 Å². The van der Waals surface area contributed by atoms with Crippen molar-refractivity contribution in [2.24, 2.45) is 0 Å². The minimum atomic E-state index is -0.364. The molecule has 0 spiro atoms. The van der Waals surface area contributed by atoms with Crippen LogP contribution in [0.3, 0.4) is 0 Å². The molecule has 162 valence electrons. The summed E-state index contributed by atoms with van der Waals surface area (Å²) in [5.74, 6) is 0.128. The molecule has 0 N–H and O–H groups in total. The van der Waals surface area contributed by atoms with Gasteiger partial charge in [-0.2, -0.15) is 0 Å². The van der Waals surface area contributed by atoms with Gasteiger partial charge in [0.2, 0.25) is 11.2 Å². The number of fused-ring (bicyclic) bond motifs is 1. The molecule has 1 aromatic heterocycles. The van der Waals surface area contributed by atoms with Gasteiger partial charge in [0, 0.05) is 28.7 Å². The third kappa shape index (κ3) is 4.73. The zero-order chi connectivity index (χ0) is 22.0. The highest BCUT2D eigenvalue weighted by Crippen LogP contribution is 2.33. The van der Waals surface area contributed by atoms with Crippen LogP contribution in [-0.4, -0.2) is 30.5 Å². The minimum Gasteiger partial charge on any atom is -0.476 e. The molecular formula is C24H23Cl2NO4. The van der Waals surface area contributed by atoms with Crippen LogP contribution in [0.2, 0.25) is 10.0 Å². The molecule has 4 rings (SSSR count). The Bertz CT molecular complexity index is 1160. The lowest BCUT2D eigenvalue weighted by atomic mass is 10.1. The number of carbonyl (C=O) groups is 1. The molecule has 31 heavy (non-hydrogen) atoms. The first-order valence-electron chi connectivity index (χ1n) is 10.4. The number of rotatable bonds is 4. The average molecular weight is 460 g/mol. The Morgan fingerprint density at radius 2 is 1.74 bits per heavy atom. The molecule has 3 aromatic rings. The van der Waals surface area contributed by atoms with Gasteiger partial charge in [0.15, 0.2) is 12.4 Å². The molecule has 0 saturated carbocycles. The van der Waals surface area contributed by atoms with E-state index in [1.54, 1.807) is 41.3 Å². The van der Waals surface area contributed by atoms with Gasteiger partial charge in [-0.05, 0) is 61.7 Å². The van der Waals surface area contributed by atoms with Gasteiger partial charge in [0.05, 0.1) is 5.39 Å². The monoisotopic (exact) mass is 459 g/mol. The summed E-state index contributed by atoms with van der Waals surface area (Å²) in [6.07, 6.45) is 4.22. The first-order chi connectivity index (χ1) is 14.9. The number of benzene rings is 2. The summed E-state index contributed by atoms with van der Waals surface area (Å²) in [4.78, 5) is 27.8. The molecule has 0 bridgehead atoms. The number of aryl methyl sites for hydroxylation is 1. The van der Waals surface area contributed by atoms with E-state index in [0.29, 0.717) is 39.7 Å². The molecule has 1 amide bonds. The number of amides is 1. The van der Waals surface area contributed by atoms with Crippen molar-refractivity contribution in [1.29, 1.82) is 0 Å². The molecule has 7 heteroatoms. The van der Waals surface area contributed by atoms with E-state index in [-0.39, 0.29) is 29.5 Å². The van der Waals surface area contributed by atoms with Gasteiger partial charge in [-0.25, -0.2) is 0 Å². The summed E-state index contributed by atoms with van der Waals surface area (Å²) in [7, 11) is 0. The van der Waals surface area contributed by atoms with Crippen molar-refractivity contribution in [2.75, 3.05) is 19.7 Å². The summed E-state index contributed by atoms with van der Waals surface area (Å²) in [5.41, 5.74) is 1.47. The lowest BCUT2D eigenvalue weighted by Crippen LogP contribution is -2.36. The van der Waals surface area contributed by atoms with Gasteiger partial charge in [0.1, 0.15) is 5.58 Å². The highest BCUT2D eigenvalue weighted by Gasteiger charge is 2.22. The fourth-order valence-corrected chi connectivity index (χ4v) is 4.06. The number of nitrogens with zero attached hydrogens (tertiary/aromatic N) is 1. The number of hydrogen-bond acceptors (Lipinski definition) is 4. The van der Waals surface area contributed by atoms with E-state index in [0.717, 1.165) is 31.2 Å². The zero-order valence-electron chi connectivity index (χ0n) is 17.2. The fraction of sp³-hybridized carbons (Fsp3) is 0.333. The number of likely N-dealkylation sites (tertiary alicyclic amines) is 1. The van der Waals surface area contributed by atoms with E-state index in [1.807, 2.05) is 6.92 Å². The van der Waals surface area contributed by atoms with Gasteiger partial charge in [-0.15, -0.1) is 0 Å². The molecule has 1 saturated heterocycles. The van der Waals surface area contributed by atoms with E-state index in [2.05, 4.69) is 0 Å². The number of halogens is 2. The summed E-state index contributed by atoms with van der Waals surface area (Å²) < 4.78 is 11.9. The van der Waals surface area contributed by atoms with Crippen LogP contribution < -0.4 is 10.2 Å². The Hall–Kier alpha value is -2.50. The van der Waals surface area contributed by atoms with Gasteiger partial charge < -0.3 is 14.1 Å². The summed E-state index contributed by atoms with van der Waals surface area (Å²) >= 11 is 12.3. The standard InChI is InChI=1S/C24H23Cl2NO4/c1-15-12-20-18(13-19(15)26)22(29)24(23(31-20)16-6-8-17(25)9-7-16)30-14-21(28)27-10-4-2-3-5-11-27/h6-9,12-13H,2-5,10-11,14H2,1H3. The van der Waals surface area contributed by atoms with Gasteiger partial charge in [-0.3, -0.25) is 9.59 Å². The second-order valence-corrected chi connectivity index (χ2v) is 8.62. The van der Waals surface area contributed by atoms with Crippen LogP contribution in [0.5, 0.6) is 5.75 Å². The topological polar surface area (TPSA) is 59.8 Å². The molecular weight excluding hydrogens is 437 g/mol. The molecule has 0 aliphatic carbocycles. The average Bonchev–Trinajstić information content (AvgIpc) is 3.04. The molecule has 5 nitrogen and oxygen atoms in total. The van der Waals surface area contributed by atoms with Gasteiger partial charge in [0.25, 0.3) is 5.91 Å². The Morgan fingerprint density at radius 3 is 2.42 bits per heavy atom. The van der Waals surface area contributed by atoms with Crippen molar-refractivity contribution in [3.05, 3.63) is 62.2 Å². The Labute approximate surface area is 190 Å². The Kier molecular flexibility index (Phi) is 6.54. The maximum absolute atomic E-state index is 13.3. The molecule has 2 heterocycles. The van der Waals surface area contributed by atoms with E-state index in [1.165, 1.54) is 0 Å². The molecule has 1 aliphatic heterocycles. The van der Waals surface area contributed by atoms with Crippen LogP contribution in [-0.2, 0) is 4.79 Å². The minimum absolute atomic E-state index is 0.00193. The largest absolute Gasteiger partial charge is 0.476 e. The van der Waals surface area contributed by atoms with Crippen molar-refractivity contribution >= 4 is 40.1 Å². The van der Waals surface area contributed by atoms with E-state index in [4.69, 9.17) is 32.4 Å². The molecule has 1 aliphatic rings. The molecule has 0 atom stereocenters. The van der Waals surface area contributed by atoms with Crippen LogP contribution in [0.1, 0.15) is 31.2 Å². The van der Waals surface area contributed by atoms with Crippen molar-refractivity contribution in [1.82, 2.24) is 4.90 Å². The van der Waals surface area contributed by atoms with Crippen LogP contribution in [0.15, 0.2) is 45.6 Å². The number of ether oxygens (including phenoxy) is 1. The second-order valence-electron chi connectivity index (χ2n) is 7.78. The first kappa shape index (κ1) is 21.7. The summed E-state index contributed by atoms with van der Waals surface area (Å²) in [6, 6.07) is 10.2. The van der Waals surface area contributed by atoms with Crippen LogP contribution in [0, 0.1) is 6.92 Å². The predicted octanol–water partition coefficient (Wildman–Crippen LogP) is 5.86. The Morgan fingerprint density at radius 1 is 1.06 bits per heavy atom. The predicted molar refractivity (Wildman–Crippen MR) is 123 cm³/mol. The molecule has 0 radical (unpaired) electrons. The van der Waals surface area contributed by atoms with Crippen LogP contribution in [0.4, 0.5) is 0 Å². The molecule has 0 unspecified atom stereocenters. The van der Waals surface area contributed by atoms with Gasteiger partial charge >= 0.3 is 0 Å². The van der Waals surface area contributed by atoms with Crippen molar-refractivity contribution in [3.63, 3.8) is 0 Å². The number of hydrogen-bond donors (Lipinski definition) is 0. The number of carbonyl (C=O) groups excluding carboxylic acids is 1. The summed E-state index contributed by atoms with van der Waals surface area (Å²) in [6.45, 7) is 3.05. The van der Waals surface area contributed by atoms with Gasteiger partial charge in [-0.1, -0.05) is 36.0 Å². The van der Waals surface area contributed by atoms with Crippen molar-refractivity contribution < 1.29 is 13.9 Å². The van der Waals surface area contributed by atoms with Crippen molar-refractivity contribution in [2.45, 2.75) is 32.6 Å². The normalized spacial score (nSPS) is 14.5. The quantitative estimate of drug-likeness (QED) is 0.490. The lowest BCUT2D eigenvalue weighted by molar-refractivity contribution is -0.133. The van der Waals surface area contributed by atoms with E-state index >= 15 is 0 Å². The van der Waals surface area contributed by atoms with E-state index in [9.17, 15) is 9.59 Å². The summed E-state index contributed by atoms with van der Waals surface area (Å²) in [5, 5.41) is 1.34. The lowest BCUT2D eigenvalue weighted by Gasteiger charge is -2.20. The Balaban J connectivity index is 1.74. The van der Waals surface area contributed by atoms with Crippen molar-refractivity contribution in [3.8, 4) is 17.1 Å². The highest BCUT2D eigenvalue weighted by atomic mass is 35.5. The maximum Gasteiger partial charge on any atom is 0.260 e. The SMILES string of the molecule is Cc1cc2oc(-c3ccc(Cl)cc3)c(OCC(=O)N3CCCCCC3)c(=O)c2cc1Cl. The highest BCUT2D eigenvalue weighted by molar-refractivity contribution is 6.32.